The quantitative estimate of drug-likeness (QED) is 0.221. The summed E-state index contributed by atoms with van der Waals surface area (Å²) in [6.45, 7) is 7.42. The zero-order chi connectivity index (χ0) is 29.9. The fourth-order valence-electron chi connectivity index (χ4n) is 5.54. The predicted octanol–water partition coefficient (Wildman–Crippen LogP) is 3.79. The summed E-state index contributed by atoms with van der Waals surface area (Å²) in [5, 5.41) is 0.728. The molecule has 226 valence electrons. The molecule has 2 saturated heterocycles. The molecule has 2 fully saturated rings. The van der Waals surface area contributed by atoms with Gasteiger partial charge in [0, 0.05) is 70.0 Å². The molecule has 0 bridgehead atoms. The Kier molecular flexibility index (Phi) is 8.87. The van der Waals surface area contributed by atoms with Crippen LogP contribution in [0.15, 0.2) is 53.7 Å². The molecule has 1 aromatic heterocycles. The van der Waals surface area contributed by atoms with Crippen molar-refractivity contribution in [3.8, 4) is 11.5 Å². The standard InChI is InChI=1S/C30H32ClFN6O4S/c1-20-16-37(11-12-38(20)29(40)22-3-2-4-23(32)14-22)27-15-26(31)33-30(34-27)43-18-28(39)36-9-7-35(8-10-36)17-21-5-6-24-25(13-21)42-19-41-24/h2-6,13-15,20H,7-12,16-19H2,1H3. The van der Waals surface area contributed by atoms with Crippen LogP contribution in [-0.2, 0) is 11.3 Å². The predicted molar refractivity (Wildman–Crippen MR) is 161 cm³/mol. The molecule has 3 aromatic rings. The van der Waals surface area contributed by atoms with Crippen LogP contribution < -0.4 is 14.4 Å². The van der Waals surface area contributed by atoms with Crippen LogP contribution in [-0.4, -0.2) is 101 Å². The summed E-state index contributed by atoms with van der Waals surface area (Å²) < 4.78 is 24.5. The third-order valence-corrected chi connectivity index (χ3v) is 8.86. The first-order valence-electron chi connectivity index (χ1n) is 14.2. The van der Waals surface area contributed by atoms with Crippen molar-refractivity contribution in [3.63, 3.8) is 0 Å². The minimum absolute atomic E-state index is 0.0379. The third kappa shape index (κ3) is 6.97. The van der Waals surface area contributed by atoms with Crippen LogP contribution in [0.25, 0.3) is 0 Å². The van der Waals surface area contributed by atoms with Crippen LogP contribution in [0, 0.1) is 5.82 Å². The van der Waals surface area contributed by atoms with Crippen molar-refractivity contribution in [2.75, 3.05) is 63.3 Å². The highest BCUT2D eigenvalue weighted by Gasteiger charge is 2.30. The van der Waals surface area contributed by atoms with Crippen molar-refractivity contribution in [3.05, 3.63) is 70.6 Å². The fourth-order valence-corrected chi connectivity index (χ4v) is 6.52. The number of piperazine rings is 2. The Balaban J connectivity index is 0.993. The zero-order valence-corrected chi connectivity index (χ0v) is 25.3. The van der Waals surface area contributed by atoms with Gasteiger partial charge >= 0.3 is 0 Å². The van der Waals surface area contributed by atoms with Gasteiger partial charge in [0.25, 0.3) is 5.91 Å². The van der Waals surface area contributed by atoms with Gasteiger partial charge in [-0.15, -0.1) is 0 Å². The van der Waals surface area contributed by atoms with Crippen molar-refractivity contribution < 1.29 is 23.5 Å². The highest BCUT2D eigenvalue weighted by atomic mass is 35.5. The molecule has 6 rings (SSSR count). The maximum Gasteiger partial charge on any atom is 0.254 e. The van der Waals surface area contributed by atoms with Crippen LogP contribution in [0.1, 0.15) is 22.8 Å². The Morgan fingerprint density at radius 2 is 1.81 bits per heavy atom. The minimum atomic E-state index is -0.434. The number of anilines is 1. The lowest BCUT2D eigenvalue weighted by Crippen LogP contribution is -2.54. The highest BCUT2D eigenvalue weighted by molar-refractivity contribution is 7.99. The molecule has 43 heavy (non-hydrogen) atoms. The van der Waals surface area contributed by atoms with Crippen molar-refractivity contribution in [1.82, 2.24) is 24.7 Å². The van der Waals surface area contributed by atoms with Crippen LogP contribution in [0.4, 0.5) is 10.2 Å². The molecule has 3 aliphatic heterocycles. The number of ether oxygens (including phenoxy) is 2. The van der Waals surface area contributed by atoms with E-state index in [9.17, 15) is 14.0 Å². The van der Waals surface area contributed by atoms with Gasteiger partial charge in [0.05, 0.1) is 5.75 Å². The molecule has 0 saturated carbocycles. The number of thioether (sulfide) groups is 1. The smallest absolute Gasteiger partial charge is 0.254 e. The Morgan fingerprint density at radius 3 is 2.60 bits per heavy atom. The summed E-state index contributed by atoms with van der Waals surface area (Å²) in [7, 11) is 0. The van der Waals surface area contributed by atoms with E-state index in [1.807, 2.05) is 30.0 Å². The van der Waals surface area contributed by atoms with Crippen molar-refractivity contribution in [1.29, 1.82) is 0 Å². The number of rotatable bonds is 7. The monoisotopic (exact) mass is 626 g/mol. The van der Waals surface area contributed by atoms with Crippen molar-refractivity contribution in [2.24, 2.45) is 0 Å². The van der Waals surface area contributed by atoms with Gasteiger partial charge in [0.2, 0.25) is 12.7 Å². The molecule has 0 aliphatic carbocycles. The Labute approximate surface area is 258 Å². The second-order valence-corrected chi connectivity index (χ2v) is 12.1. The van der Waals surface area contributed by atoms with E-state index in [0.717, 1.165) is 36.7 Å². The van der Waals surface area contributed by atoms with E-state index in [-0.39, 0.29) is 30.4 Å². The number of hydrogen-bond donors (Lipinski definition) is 0. The molecule has 10 nitrogen and oxygen atoms in total. The van der Waals surface area contributed by atoms with Crippen LogP contribution >= 0.6 is 23.4 Å². The van der Waals surface area contributed by atoms with Gasteiger partial charge in [0.1, 0.15) is 16.8 Å². The normalized spacial score (nSPS) is 18.7. The van der Waals surface area contributed by atoms with Gasteiger partial charge in [0.15, 0.2) is 16.7 Å². The van der Waals surface area contributed by atoms with E-state index in [4.69, 9.17) is 21.1 Å². The van der Waals surface area contributed by atoms with Crippen molar-refractivity contribution >= 4 is 41.0 Å². The molecule has 0 radical (unpaired) electrons. The molecule has 13 heteroatoms. The van der Waals surface area contributed by atoms with Gasteiger partial charge in [-0.05, 0) is 42.8 Å². The van der Waals surface area contributed by atoms with Crippen LogP contribution in [0.2, 0.25) is 5.15 Å². The van der Waals surface area contributed by atoms with Gasteiger partial charge in [-0.1, -0.05) is 35.5 Å². The van der Waals surface area contributed by atoms with Crippen molar-refractivity contribution in [2.45, 2.75) is 24.7 Å². The number of carbonyl (C=O) groups is 2. The maximum absolute atomic E-state index is 13.7. The second-order valence-electron chi connectivity index (χ2n) is 10.8. The average Bonchev–Trinajstić information content (AvgIpc) is 3.48. The molecule has 2 aromatic carbocycles. The number of halogens is 2. The molecule has 0 spiro atoms. The Bertz CT molecular complexity index is 1510. The fraction of sp³-hybridized carbons (Fsp3) is 0.400. The van der Waals surface area contributed by atoms with E-state index in [1.54, 1.807) is 23.1 Å². The van der Waals surface area contributed by atoms with E-state index in [2.05, 4.69) is 19.8 Å². The second kappa shape index (κ2) is 12.9. The van der Waals surface area contributed by atoms with Gasteiger partial charge < -0.3 is 24.2 Å². The summed E-state index contributed by atoms with van der Waals surface area (Å²) >= 11 is 7.62. The summed E-state index contributed by atoms with van der Waals surface area (Å²) in [5.41, 5.74) is 1.49. The first-order chi connectivity index (χ1) is 20.8. The molecule has 1 unspecified atom stereocenters. The number of hydrogen-bond acceptors (Lipinski definition) is 9. The van der Waals surface area contributed by atoms with Crippen LogP contribution in [0.3, 0.4) is 0 Å². The number of nitrogens with zero attached hydrogens (tertiary/aromatic N) is 6. The average molecular weight is 627 g/mol. The molecule has 1 atom stereocenters. The highest BCUT2D eigenvalue weighted by Crippen LogP contribution is 2.33. The Hall–Kier alpha value is -3.61. The van der Waals surface area contributed by atoms with Crippen LogP contribution in [0.5, 0.6) is 11.5 Å². The molecule has 0 N–H and O–H groups in total. The first kappa shape index (κ1) is 29.5. The molecular formula is C30H32ClFN6O4S. The minimum Gasteiger partial charge on any atom is -0.454 e. The summed E-state index contributed by atoms with van der Waals surface area (Å²) in [4.78, 5) is 43.0. The summed E-state index contributed by atoms with van der Waals surface area (Å²) in [5.74, 6) is 1.83. The SMILES string of the molecule is CC1CN(c2cc(Cl)nc(SCC(=O)N3CCN(Cc4ccc5c(c4)OCO5)CC3)n2)CCN1C(=O)c1cccc(F)c1. The first-order valence-corrected chi connectivity index (χ1v) is 15.6. The van der Waals surface area contributed by atoms with E-state index < -0.39 is 5.82 Å². The number of fused-ring (bicyclic) bond motifs is 1. The molecule has 3 aliphatic rings. The zero-order valence-electron chi connectivity index (χ0n) is 23.7. The number of amides is 2. The van der Waals surface area contributed by atoms with E-state index in [1.165, 1.54) is 23.9 Å². The number of aromatic nitrogens is 2. The topological polar surface area (TPSA) is 91.3 Å². The van der Waals surface area contributed by atoms with E-state index >= 15 is 0 Å². The maximum atomic E-state index is 13.7. The number of carbonyl (C=O) groups excluding carboxylic acids is 2. The molecular weight excluding hydrogens is 595 g/mol. The molecule has 4 heterocycles. The lowest BCUT2D eigenvalue weighted by Gasteiger charge is -2.40. The number of benzene rings is 2. The molecule has 2 amide bonds. The van der Waals surface area contributed by atoms with E-state index in [0.29, 0.717) is 54.4 Å². The lowest BCUT2D eigenvalue weighted by atomic mass is 10.1. The Morgan fingerprint density at radius 1 is 1.00 bits per heavy atom. The summed E-state index contributed by atoms with van der Waals surface area (Å²) in [6.07, 6.45) is 0. The van der Waals surface area contributed by atoms with Gasteiger partial charge in [-0.25, -0.2) is 14.4 Å². The van der Waals surface area contributed by atoms with Gasteiger partial charge in [-0.2, -0.15) is 0 Å². The van der Waals surface area contributed by atoms with Gasteiger partial charge in [-0.3, -0.25) is 14.5 Å². The third-order valence-electron chi connectivity index (χ3n) is 7.84. The summed E-state index contributed by atoms with van der Waals surface area (Å²) in [6, 6.07) is 13.3. The largest absolute Gasteiger partial charge is 0.454 e. The lowest BCUT2D eigenvalue weighted by molar-refractivity contribution is -0.130.